The Balaban J connectivity index is 1.78. The predicted molar refractivity (Wildman–Crippen MR) is 75.8 cm³/mol. The third-order valence-electron chi connectivity index (χ3n) is 3.92. The minimum atomic E-state index is -0.183. The van der Waals surface area contributed by atoms with Crippen molar-refractivity contribution in [2.45, 2.75) is 58.6 Å². The van der Waals surface area contributed by atoms with Crippen LogP contribution in [0.2, 0.25) is 0 Å². The summed E-state index contributed by atoms with van der Waals surface area (Å²) in [5.74, 6) is 0.657. The average molecular weight is 265 g/mol. The summed E-state index contributed by atoms with van der Waals surface area (Å²) in [6, 6.07) is 4.98. The molecule has 0 saturated carbocycles. The molecule has 0 saturated heterocycles. The molecule has 2 N–H and O–H groups in total. The molecule has 0 bridgehead atoms. The van der Waals surface area contributed by atoms with Gasteiger partial charge < -0.3 is 10.5 Å². The van der Waals surface area contributed by atoms with Crippen LogP contribution in [-0.2, 0) is 6.42 Å². The molecular weight excluding hydrogens is 241 g/mol. The van der Waals surface area contributed by atoms with Gasteiger partial charge in [-0.15, -0.1) is 0 Å². The lowest BCUT2D eigenvalue weighted by Gasteiger charge is -2.27. The van der Waals surface area contributed by atoms with E-state index in [1.54, 1.807) is 12.1 Å². The van der Waals surface area contributed by atoms with E-state index in [4.69, 9.17) is 10.5 Å². The highest BCUT2D eigenvalue weighted by Gasteiger charge is 2.24. The molecule has 2 rings (SSSR count). The van der Waals surface area contributed by atoms with Crippen molar-refractivity contribution in [1.29, 1.82) is 0 Å². The maximum Gasteiger partial charge on any atom is 0.123 e. The van der Waals surface area contributed by atoms with Crippen LogP contribution >= 0.6 is 0 Å². The van der Waals surface area contributed by atoms with Gasteiger partial charge in [0.05, 0.1) is 0 Å². The van der Waals surface area contributed by atoms with Gasteiger partial charge in [0.1, 0.15) is 17.7 Å². The second-order valence-electron chi connectivity index (χ2n) is 6.60. The number of halogens is 1. The molecular formula is C16H24FNO. The summed E-state index contributed by atoms with van der Waals surface area (Å²) >= 11 is 0. The van der Waals surface area contributed by atoms with E-state index in [-0.39, 0.29) is 23.4 Å². The molecule has 1 aromatic carbocycles. The van der Waals surface area contributed by atoms with Crippen LogP contribution in [0.15, 0.2) is 18.2 Å². The lowest BCUT2D eigenvalue weighted by molar-refractivity contribution is 0.208. The largest absolute Gasteiger partial charge is 0.490 e. The number of ether oxygens (including phenoxy) is 1. The molecule has 0 spiro atoms. The van der Waals surface area contributed by atoms with E-state index in [1.807, 2.05) is 0 Å². The van der Waals surface area contributed by atoms with Crippen LogP contribution in [0.5, 0.6) is 5.75 Å². The highest BCUT2D eigenvalue weighted by molar-refractivity contribution is 5.37. The quantitative estimate of drug-likeness (QED) is 0.901. The molecule has 1 aromatic rings. The van der Waals surface area contributed by atoms with Crippen LogP contribution in [0.1, 0.15) is 45.6 Å². The van der Waals surface area contributed by atoms with Crippen molar-refractivity contribution in [2.24, 2.45) is 11.1 Å². The Bertz CT molecular complexity index is 439. The summed E-state index contributed by atoms with van der Waals surface area (Å²) in [6.45, 7) is 6.51. The van der Waals surface area contributed by atoms with Crippen molar-refractivity contribution in [3.05, 3.63) is 29.6 Å². The van der Waals surface area contributed by atoms with Gasteiger partial charge in [-0.3, -0.25) is 0 Å². The van der Waals surface area contributed by atoms with Gasteiger partial charge in [-0.2, -0.15) is 0 Å². The van der Waals surface area contributed by atoms with Gasteiger partial charge in [0.2, 0.25) is 0 Å². The first-order valence-corrected chi connectivity index (χ1v) is 7.07. The molecule has 1 aliphatic heterocycles. The first-order valence-electron chi connectivity index (χ1n) is 7.07. The third kappa shape index (κ3) is 3.69. The topological polar surface area (TPSA) is 35.2 Å². The fraction of sp³-hybridized carbons (Fsp3) is 0.625. The zero-order valence-corrected chi connectivity index (χ0v) is 12.1. The van der Waals surface area contributed by atoms with Gasteiger partial charge in [0.15, 0.2) is 0 Å². The second kappa shape index (κ2) is 5.49. The second-order valence-corrected chi connectivity index (χ2v) is 6.60. The fourth-order valence-corrected chi connectivity index (χ4v) is 2.45. The van der Waals surface area contributed by atoms with Gasteiger partial charge in [-0.05, 0) is 42.9 Å². The normalized spacial score (nSPS) is 19.9. The van der Waals surface area contributed by atoms with Crippen molar-refractivity contribution in [3.63, 3.8) is 0 Å². The molecule has 106 valence electrons. The minimum Gasteiger partial charge on any atom is -0.490 e. The molecule has 2 nitrogen and oxygen atoms in total. The van der Waals surface area contributed by atoms with Crippen LogP contribution < -0.4 is 10.5 Å². The molecule has 0 aliphatic carbocycles. The lowest BCUT2D eigenvalue weighted by atomic mass is 9.84. The standard InChI is InChI=1S/C16H24FNO/c1-16(2,3)15(18)6-4-5-13-10-11-9-12(17)7-8-14(11)19-13/h7-9,13,15H,4-6,10,18H2,1-3H3. The Morgan fingerprint density at radius 2 is 2.16 bits per heavy atom. The van der Waals surface area contributed by atoms with Crippen molar-refractivity contribution in [3.8, 4) is 5.75 Å². The Hall–Kier alpha value is -1.09. The molecule has 1 aliphatic rings. The first-order chi connectivity index (χ1) is 8.86. The first kappa shape index (κ1) is 14.3. The smallest absolute Gasteiger partial charge is 0.123 e. The molecule has 0 fully saturated rings. The molecule has 0 aromatic heterocycles. The summed E-state index contributed by atoms with van der Waals surface area (Å²) in [4.78, 5) is 0. The number of nitrogens with two attached hydrogens (primary N) is 1. The average Bonchev–Trinajstić information content (AvgIpc) is 2.69. The molecule has 0 amide bonds. The van der Waals surface area contributed by atoms with Gasteiger partial charge in [0.25, 0.3) is 0 Å². The number of hydrogen-bond donors (Lipinski definition) is 1. The summed E-state index contributed by atoms with van der Waals surface area (Å²) < 4.78 is 18.9. The zero-order valence-electron chi connectivity index (χ0n) is 12.1. The molecule has 2 atom stereocenters. The van der Waals surface area contributed by atoms with Crippen LogP contribution in [-0.4, -0.2) is 12.1 Å². The summed E-state index contributed by atoms with van der Waals surface area (Å²) in [5.41, 5.74) is 7.30. The number of benzene rings is 1. The monoisotopic (exact) mass is 265 g/mol. The van der Waals surface area contributed by atoms with E-state index in [2.05, 4.69) is 20.8 Å². The van der Waals surface area contributed by atoms with E-state index in [1.165, 1.54) is 6.07 Å². The van der Waals surface area contributed by atoms with Gasteiger partial charge in [0, 0.05) is 18.0 Å². The van der Waals surface area contributed by atoms with Crippen molar-refractivity contribution >= 4 is 0 Å². The number of hydrogen-bond acceptors (Lipinski definition) is 2. The van der Waals surface area contributed by atoms with Gasteiger partial charge >= 0.3 is 0 Å². The van der Waals surface area contributed by atoms with Crippen LogP contribution in [0.4, 0.5) is 4.39 Å². The fourth-order valence-electron chi connectivity index (χ4n) is 2.45. The summed E-state index contributed by atoms with van der Waals surface area (Å²) in [6.07, 6.45) is 4.05. The third-order valence-corrected chi connectivity index (χ3v) is 3.92. The SMILES string of the molecule is CC(C)(C)C(N)CCCC1Cc2cc(F)ccc2O1. The maximum absolute atomic E-state index is 13.1. The Morgan fingerprint density at radius 3 is 2.84 bits per heavy atom. The van der Waals surface area contributed by atoms with Crippen molar-refractivity contribution in [1.82, 2.24) is 0 Å². The van der Waals surface area contributed by atoms with Crippen molar-refractivity contribution < 1.29 is 9.13 Å². The van der Waals surface area contributed by atoms with Gasteiger partial charge in [-0.1, -0.05) is 20.8 Å². The van der Waals surface area contributed by atoms with E-state index in [9.17, 15) is 4.39 Å². The molecule has 3 heteroatoms. The maximum atomic E-state index is 13.1. The minimum absolute atomic E-state index is 0.155. The van der Waals surface area contributed by atoms with E-state index >= 15 is 0 Å². The Kier molecular flexibility index (Phi) is 4.14. The van der Waals surface area contributed by atoms with Crippen molar-refractivity contribution in [2.75, 3.05) is 0 Å². The molecule has 0 radical (unpaired) electrons. The van der Waals surface area contributed by atoms with Gasteiger partial charge in [-0.25, -0.2) is 4.39 Å². The molecule has 1 heterocycles. The highest BCUT2D eigenvalue weighted by atomic mass is 19.1. The van der Waals surface area contributed by atoms with Crippen LogP contribution in [0.3, 0.4) is 0 Å². The Morgan fingerprint density at radius 1 is 1.42 bits per heavy atom. The molecule has 2 unspecified atom stereocenters. The number of rotatable bonds is 4. The summed E-state index contributed by atoms with van der Waals surface area (Å²) in [5, 5.41) is 0. The number of fused-ring (bicyclic) bond motifs is 1. The van der Waals surface area contributed by atoms with E-state index < -0.39 is 0 Å². The zero-order chi connectivity index (χ0) is 14.0. The lowest BCUT2D eigenvalue weighted by Crippen LogP contribution is -2.35. The van der Waals surface area contributed by atoms with Crippen LogP contribution in [0, 0.1) is 11.2 Å². The van der Waals surface area contributed by atoms with Crippen LogP contribution in [0.25, 0.3) is 0 Å². The summed E-state index contributed by atoms with van der Waals surface area (Å²) in [7, 11) is 0. The van der Waals surface area contributed by atoms with E-state index in [0.29, 0.717) is 0 Å². The van der Waals surface area contributed by atoms with E-state index in [0.717, 1.165) is 37.0 Å². The molecule has 19 heavy (non-hydrogen) atoms. The Labute approximate surface area is 115 Å². The predicted octanol–water partition coefficient (Wildman–Crippen LogP) is 3.67. The highest BCUT2D eigenvalue weighted by Crippen LogP contribution is 2.31.